The summed E-state index contributed by atoms with van der Waals surface area (Å²) in [6, 6.07) is 6.11. The second-order valence-corrected chi connectivity index (χ2v) is 3.76. The summed E-state index contributed by atoms with van der Waals surface area (Å²) in [5.74, 6) is -0.963. The summed E-state index contributed by atoms with van der Waals surface area (Å²) in [4.78, 5) is 10.6. The average Bonchev–Trinajstić information content (AvgIpc) is 2.28. The van der Waals surface area contributed by atoms with Gasteiger partial charge in [-0.15, -0.1) is 0 Å². The minimum Gasteiger partial charge on any atom is -0.494 e. The summed E-state index contributed by atoms with van der Waals surface area (Å²) >= 11 is 0. The normalized spacial score (nSPS) is 11.6. The Morgan fingerprint density at radius 3 is 2.12 bits per heavy atom. The minimum atomic E-state index is -0.977. The van der Waals surface area contributed by atoms with Crippen LogP contribution in [0.15, 0.2) is 47.9 Å². The van der Waals surface area contributed by atoms with Crippen molar-refractivity contribution >= 4 is 11.7 Å². The summed E-state index contributed by atoms with van der Waals surface area (Å²) in [6.07, 6.45) is 0. The second kappa shape index (κ2) is 5.21. The molecule has 0 heterocycles. The highest BCUT2D eigenvalue weighted by Crippen LogP contribution is 2.15. The SMILES string of the molecule is C=C(C)/C(C)=C(/O)Nc1ccc(C(=O)O)cc1. The van der Waals surface area contributed by atoms with E-state index >= 15 is 0 Å². The highest BCUT2D eigenvalue weighted by atomic mass is 16.4. The van der Waals surface area contributed by atoms with Crippen LogP contribution < -0.4 is 5.32 Å². The zero-order valence-electron chi connectivity index (χ0n) is 9.82. The molecule has 1 aromatic carbocycles. The molecule has 0 saturated heterocycles. The summed E-state index contributed by atoms with van der Waals surface area (Å²) < 4.78 is 0. The van der Waals surface area contributed by atoms with Crippen LogP contribution in [0.25, 0.3) is 0 Å². The summed E-state index contributed by atoms with van der Waals surface area (Å²) in [6.45, 7) is 7.26. The van der Waals surface area contributed by atoms with E-state index in [0.29, 0.717) is 11.3 Å². The third kappa shape index (κ3) is 3.38. The highest BCUT2D eigenvalue weighted by Gasteiger charge is 2.04. The number of rotatable bonds is 4. The number of aromatic carboxylic acids is 1. The molecule has 4 heteroatoms. The average molecular weight is 233 g/mol. The minimum absolute atomic E-state index is 0.0144. The first-order valence-corrected chi connectivity index (χ1v) is 5.08. The van der Waals surface area contributed by atoms with E-state index in [9.17, 15) is 9.90 Å². The molecule has 90 valence electrons. The molecule has 0 atom stereocenters. The molecule has 0 radical (unpaired) electrons. The Balaban J connectivity index is 2.87. The quantitative estimate of drug-likeness (QED) is 0.552. The van der Waals surface area contributed by atoms with Crippen molar-refractivity contribution in [1.29, 1.82) is 0 Å². The van der Waals surface area contributed by atoms with Crippen LogP contribution in [0.1, 0.15) is 24.2 Å². The maximum atomic E-state index is 10.6. The molecule has 0 bridgehead atoms. The second-order valence-electron chi connectivity index (χ2n) is 3.76. The number of allylic oxidation sites excluding steroid dienone is 2. The van der Waals surface area contributed by atoms with Gasteiger partial charge in [0.2, 0.25) is 0 Å². The van der Waals surface area contributed by atoms with Crippen molar-refractivity contribution in [2.45, 2.75) is 13.8 Å². The van der Waals surface area contributed by atoms with Crippen LogP contribution in [0.2, 0.25) is 0 Å². The van der Waals surface area contributed by atoms with Crippen LogP contribution in [0.5, 0.6) is 0 Å². The monoisotopic (exact) mass is 233 g/mol. The van der Waals surface area contributed by atoms with E-state index in [1.54, 1.807) is 26.0 Å². The van der Waals surface area contributed by atoms with Crippen molar-refractivity contribution < 1.29 is 15.0 Å². The van der Waals surface area contributed by atoms with Crippen LogP contribution in [0, 0.1) is 0 Å². The number of aliphatic hydroxyl groups excluding tert-OH is 1. The number of aliphatic hydroxyl groups is 1. The molecule has 0 aliphatic heterocycles. The van der Waals surface area contributed by atoms with Gasteiger partial charge < -0.3 is 15.5 Å². The summed E-state index contributed by atoms with van der Waals surface area (Å²) in [5, 5.41) is 21.2. The van der Waals surface area contributed by atoms with Crippen molar-refractivity contribution in [3.05, 3.63) is 53.4 Å². The molecule has 0 aromatic heterocycles. The van der Waals surface area contributed by atoms with Crippen molar-refractivity contribution in [2.75, 3.05) is 5.32 Å². The summed E-state index contributed by atoms with van der Waals surface area (Å²) in [7, 11) is 0. The van der Waals surface area contributed by atoms with Crippen LogP contribution >= 0.6 is 0 Å². The number of carboxylic acid groups (broad SMARTS) is 1. The van der Waals surface area contributed by atoms with E-state index in [0.717, 1.165) is 5.57 Å². The number of benzene rings is 1. The lowest BCUT2D eigenvalue weighted by atomic mass is 10.1. The Morgan fingerprint density at radius 1 is 1.18 bits per heavy atom. The first-order valence-electron chi connectivity index (χ1n) is 5.08. The number of carboxylic acids is 1. The Bertz CT molecular complexity index is 472. The molecule has 0 aliphatic rings. The maximum Gasteiger partial charge on any atom is 0.335 e. The smallest absolute Gasteiger partial charge is 0.335 e. The van der Waals surface area contributed by atoms with E-state index in [-0.39, 0.29) is 11.4 Å². The first kappa shape index (κ1) is 12.8. The maximum absolute atomic E-state index is 10.6. The van der Waals surface area contributed by atoms with E-state index in [2.05, 4.69) is 11.9 Å². The Kier molecular flexibility index (Phi) is 3.93. The fourth-order valence-corrected chi connectivity index (χ4v) is 1.13. The van der Waals surface area contributed by atoms with Gasteiger partial charge in [-0.25, -0.2) is 4.79 Å². The van der Waals surface area contributed by atoms with Gasteiger partial charge in [0.05, 0.1) is 5.56 Å². The molecule has 1 rings (SSSR count). The van der Waals surface area contributed by atoms with Gasteiger partial charge in [-0.05, 0) is 38.1 Å². The van der Waals surface area contributed by atoms with Gasteiger partial charge in [-0.2, -0.15) is 0 Å². The molecule has 0 fully saturated rings. The van der Waals surface area contributed by atoms with Crippen molar-refractivity contribution in [3.8, 4) is 0 Å². The first-order chi connectivity index (χ1) is 7.91. The van der Waals surface area contributed by atoms with Crippen LogP contribution in [0.4, 0.5) is 5.69 Å². The van der Waals surface area contributed by atoms with Crippen molar-refractivity contribution in [1.82, 2.24) is 0 Å². The van der Waals surface area contributed by atoms with Gasteiger partial charge in [0.25, 0.3) is 0 Å². The zero-order chi connectivity index (χ0) is 13.0. The van der Waals surface area contributed by atoms with Crippen LogP contribution in [-0.2, 0) is 0 Å². The number of hydrogen-bond acceptors (Lipinski definition) is 3. The van der Waals surface area contributed by atoms with Crippen molar-refractivity contribution in [2.24, 2.45) is 0 Å². The molecule has 0 aliphatic carbocycles. The van der Waals surface area contributed by atoms with Crippen LogP contribution in [0.3, 0.4) is 0 Å². The van der Waals surface area contributed by atoms with E-state index < -0.39 is 5.97 Å². The van der Waals surface area contributed by atoms with E-state index in [4.69, 9.17) is 5.11 Å². The molecular weight excluding hydrogens is 218 g/mol. The van der Waals surface area contributed by atoms with E-state index in [1.165, 1.54) is 12.1 Å². The van der Waals surface area contributed by atoms with Gasteiger partial charge in [-0.1, -0.05) is 12.2 Å². The topological polar surface area (TPSA) is 69.6 Å². The molecule has 17 heavy (non-hydrogen) atoms. The molecule has 0 unspecified atom stereocenters. The Morgan fingerprint density at radius 2 is 1.71 bits per heavy atom. The zero-order valence-corrected chi connectivity index (χ0v) is 9.82. The lowest BCUT2D eigenvalue weighted by Crippen LogP contribution is -2.03. The fraction of sp³-hybridized carbons (Fsp3) is 0.154. The molecule has 4 nitrogen and oxygen atoms in total. The predicted molar refractivity (Wildman–Crippen MR) is 67.2 cm³/mol. The van der Waals surface area contributed by atoms with Gasteiger partial charge in [0, 0.05) is 11.3 Å². The number of nitrogens with one attached hydrogen (secondary N) is 1. The number of carbonyl (C=O) groups is 1. The lowest BCUT2D eigenvalue weighted by Gasteiger charge is -2.09. The molecule has 1 aromatic rings. The van der Waals surface area contributed by atoms with Crippen LogP contribution in [-0.4, -0.2) is 16.2 Å². The lowest BCUT2D eigenvalue weighted by molar-refractivity contribution is 0.0697. The third-order valence-corrected chi connectivity index (χ3v) is 2.39. The molecular formula is C13H15NO3. The van der Waals surface area contributed by atoms with E-state index in [1.807, 2.05) is 0 Å². The van der Waals surface area contributed by atoms with Gasteiger partial charge in [0.15, 0.2) is 5.88 Å². The summed E-state index contributed by atoms with van der Waals surface area (Å²) in [5.41, 5.74) is 2.24. The van der Waals surface area contributed by atoms with Gasteiger partial charge in [0.1, 0.15) is 0 Å². The Labute approximate surface area is 99.9 Å². The fourth-order valence-electron chi connectivity index (χ4n) is 1.13. The third-order valence-electron chi connectivity index (χ3n) is 2.39. The largest absolute Gasteiger partial charge is 0.494 e. The Hall–Kier alpha value is -2.23. The predicted octanol–water partition coefficient (Wildman–Crippen LogP) is 3.16. The highest BCUT2D eigenvalue weighted by molar-refractivity contribution is 5.88. The standard InChI is InChI=1S/C13H15NO3/c1-8(2)9(3)12(15)14-11-6-4-10(5-7-11)13(16)17/h4-7,14-15H,1H2,2-3H3,(H,16,17)/b12-9+. The van der Waals surface area contributed by atoms with Crippen molar-refractivity contribution in [3.63, 3.8) is 0 Å². The molecule has 0 spiro atoms. The molecule has 0 saturated carbocycles. The van der Waals surface area contributed by atoms with Gasteiger partial charge >= 0.3 is 5.97 Å². The molecule has 0 amide bonds. The molecule has 3 N–H and O–H groups in total. The number of hydrogen-bond donors (Lipinski definition) is 3. The van der Waals surface area contributed by atoms with Gasteiger partial charge in [-0.3, -0.25) is 0 Å². The number of anilines is 1.